The van der Waals surface area contributed by atoms with Gasteiger partial charge in [-0.1, -0.05) is 17.3 Å². The van der Waals surface area contributed by atoms with Gasteiger partial charge in [-0.15, -0.1) is 0 Å². The minimum atomic E-state index is -3.70. The van der Waals surface area contributed by atoms with Crippen LogP contribution in [0.3, 0.4) is 0 Å². The first kappa shape index (κ1) is 21.4. The van der Waals surface area contributed by atoms with E-state index in [1.54, 1.807) is 38.2 Å². The molecule has 1 aliphatic rings. The van der Waals surface area contributed by atoms with Crippen molar-refractivity contribution in [2.24, 2.45) is 0 Å². The molecule has 1 fully saturated rings. The molecule has 3 heterocycles. The van der Waals surface area contributed by atoms with Crippen molar-refractivity contribution in [1.29, 1.82) is 0 Å². The molecule has 1 atom stereocenters. The van der Waals surface area contributed by atoms with Gasteiger partial charge >= 0.3 is 0 Å². The minimum Gasteiger partial charge on any atom is -0.360 e. The first-order valence-electron chi connectivity index (χ1n) is 10.1. The summed E-state index contributed by atoms with van der Waals surface area (Å²) in [6.45, 7) is 6.96. The summed E-state index contributed by atoms with van der Waals surface area (Å²) in [4.78, 5) is 19.1. The van der Waals surface area contributed by atoms with Gasteiger partial charge in [0.1, 0.15) is 10.7 Å². The molecule has 0 saturated carbocycles. The molecule has 4 rings (SSSR count). The van der Waals surface area contributed by atoms with E-state index in [0.29, 0.717) is 43.3 Å². The number of hydrogen-bond donors (Lipinski definition) is 1. The van der Waals surface area contributed by atoms with Crippen molar-refractivity contribution in [3.05, 3.63) is 47.9 Å². The summed E-state index contributed by atoms with van der Waals surface area (Å²) in [5.41, 5.74) is 1.45. The molecule has 10 heteroatoms. The number of benzene rings is 1. The number of nitrogens with one attached hydrogen (secondary N) is 1. The van der Waals surface area contributed by atoms with E-state index in [1.807, 2.05) is 24.0 Å². The molecule has 164 valence electrons. The first-order chi connectivity index (χ1) is 14.8. The van der Waals surface area contributed by atoms with Crippen molar-refractivity contribution >= 4 is 32.7 Å². The number of hydrogen-bond acceptors (Lipinski definition) is 7. The molecule has 9 nitrogen and oxygen atoms in total. The predicted octanol–water partition coefficient (Wildman–Crippen LogP) is 2.17. The van der Waals surface area contributed by atoms with Crippen LogP contribution in [0.25, 0.3) is 10.9 Å². The number of amides is 1. The van der Waals surface area contributed by atoms with Crippen molar-refractivity contribution in [3.63, 3.8) is 0 Å². The molecule has 2 aromatic heterocycles. The third-order valence-corrected chi connectivity index (χ3v) is 7.44. The molecule has 1 aromatic carbocycles. The molecule has 0 radical (unpaired) electrons. The van der Waals surface area contributed by atoms with Crippen molar-refractivity contribution in [2.75, 3.05) is 31.5 Å². The fraction of sp³-hybridized carbons (Fsp3) is 0.381. The molecule has 3 aromatic rings. The highest BCUT2D eigenvalue weighted by Gasteiger charge is 2.33. The predicted molar refractivity (Wildman–Crippen MR) is 116 cm³/mol. The Hall–Kier alpha value is -2.82. The van der Waals surface area contributed by atoms with Gasteiger partial charge in [0.2, 0.25) is 15.9 Å². The number of aryl methyl sites for hydroxylation is 2. The van der Waals surface area contributed by atoms with Gasteiger partial charge in [0.15, 0.2) is 5.82 Å². The number of rotatable bonds is 5. The van der Waals surface area contributed by atoms with Crippen molar-refractivity contribution in [3.8, 4) is 0 Å². The summed E-state index contributed by atoms with van der Waals surface area (Å²) in [7, 11) is -3.70. The van der Waals surface area contributed by atoms with Crippen molar-refractivity contribution < 1.29 is 17.7 Å². The second-order valence-corrected chi connectivity index (χ2v) is 9.67. The number of para-hydroxylation sites is 1. The van der Waals surface area contributed by atoms with E-state index >= 15 is 0 Å². The number of aromatic nitrogens is 2. The molecule has 1 N–H and O–H groups in total. The maximum absolute atomic E-state index is 13.3. The highest BCUT2D eigenvalue weighted by atomic mass is 32.2. The van der Waals surface area contributed by atoms with Gasteiger partial charge in [-0.3, -0.25) is 14.7 Å². The summed E-state index contributed by atoms with van der Waals surface area (Å²) in [5, 5.41) is 7.30. The van der Waals surface area contributed by atoms with Crippen molar-refractivity contribution in [1.82, 2.24) is 19.3 Å². The van der Waals surface area contributed by atoms with Gasteiger partial charge in [0, 0.05) is 43.8 Å². The zero-order chi connectivity index (χ0) is 22.2. The van der Waals surface area contributed by atoms with Crippen LogP contribution in [0, 0.1) is 13.8 Å². The maximum Gasteiger partial charge on any atom is 0.245 e. The largest absolute Gasteiger partial charge is 0.360 e. The van der Waals surface area contributed by atoms with Gasteiger partial charge in [0.05, 0.1) is 11.6 Å². The van der Waals surface area contributed by atoms with Crippen LogP contribution < -0.4 is 5.32 Å². The molecule has 1 amide bonds. The maximum atomic E-state index is 13.3. The fourth-order valence-electron chi connectivity index (χ4n) is 3.74. The molecule has 0 aliphatic carbocycles. The van der Waals surface area contributed by atoms with Crippen LogP contribution in [-0.4, -0.2) is 65.9 Å². The normalized spacial score (nSPS) is 17.0. The molecule has 0 unspecified atom stereocenters. The van der Waals surface area contributed by atoms with Crippen LogP contribution in [0.1, 0.15) is 18.2 Å². The van der Waals surface area contributed by atoms with Gasteiger partial charge < -0.3 is 9.84 Å². The Balaban J connectivity index is 1.45. The molecule has 31 heavy (non-hydrogen) atoms. The van der Waals surface area contributed by atoms with Gasteiger partial charge in [-0.25, -0.2) is 8.42 Å². The van der Waals surface area contributed by atoms with Crippen LogP contribution in [0.15, 0.2) is 45.9 Å². The molecular weight excluding hydrogens is 418 g/mol. The van der Waals surface area contributed by atoms with Crippen LogP contribution in [0.5, 0.6) is 0 Å². The Bertz CT molecular complexity index is 1220. The number of sulfonamides is 1. The van der Waals surface area contributed by atoms with Gasteiger partial charge in [0.25, 0.3) is 0 Å². The van der Waals surface area contributed by atoms with Crippen LogP contribution in [0.2, 0.25) is 0 Å². The lowest BCUT2D eigenvalue weighted by Gasteiger charge is -2.36. The number of nitrogens with zero attached hydrogens (tertiary/aromatic N) is 4. The number of piperazine rings is 1. The number of carbonyl (C=O) groups is 1. The van der Waals surface area contributed by atoms with E-state index in [4.69, 9.17) is 4.52 Å². The highest BCUT2D eigenvalue weighted by Crippen LogP contribution is 2.26. The standard InChI is InChI=1S/C21H25N5O4S/c1-14-11-17-5-4-6-18(20(17)22-13-14)31(28,29)26-9-7-25(8-10-26)16(3)21(27)23-19-12-15(2)30-24-19/h4-6,11-13,16H,7-10H2,1-3H3,(H,23,24,27)/t16-/m1/s1. The van der Waals surface area contributed by atoms with Gasteiger partial charge in [-0.05, 0) is 38.5 Å². The zero-order valence-corrected chi connectivity index (χ0v) is 18.5. The van der Waals surface area contributed by atoms with E-state index in [1.165, 1.54) is 4.31 Å². The summed E-state index contributed by atoms with van der Waals surface area (Å²) in [6.07, 6.45) is 1.68. The SMILES string of the molecule is Cc1cnc2c(S(=O)(=O)N3CCN([C@H](C)C(=O)Nc4cc(C)on4)CC3)cccc2c1. The number of carbonyl (C=O) groups excluding carboxylic acids is 1. The average molecular weight is 444 g/mol. The Morgan fingerprint density at radius 1 is 1.16 bits per heavy atom. The molecule has 1 aliphatic heterocycles. The lowest BCUT2D eigenvalue weighted by molar-refractivity contribution is -0.121. The fourth-order valence-corrected chi connectivity index (χ4v) is 5.33. The Morgan fingerprint density at radius 2 is 1.90 bits per heavy atom. The number of pyridine rings is 1. The van der Waals surface area contributed by atoms with Crippen LogP contribution >= 0.6 is 0 Å². The second-order valence-electron chi connectivity index (χ2n) is 7.77. The summed E-state index contributed by atoms with van der Waals surface area (Å²) < 4.78 is 33.0. The molecule has 1 saturated heterocycles. The van der Waals surface area contributed by atoms with Crippen LogP contribution in [-0.2, 0) is 14.8 Å². The van der Waals surface area contributed by atoms with E-state index in [9.17, 15) is 13.2 Å². The highest BCUT2D eigenvalue weighted by molar-refractivity contribution is 7.89. The number of fused-ring (bicyclic) bond motifs is 1. The average Bonchev–Trinajstić information content (AvgIpc) is 3.17. The molecule has 0 spiro atoms. The summed E-state index contributed by atoms with van der Waals surface area (Å²) in [6, 6.07) is 8.35. The smallest absolute Gasteiger partial charge is 0.245 e. The third kappa shape index (κ3) is 4.32. The Kier molecular flexibility index (Phi) is 5.78. The second kappa shape index (κ2) is 8.37. The third-order valence-electron chi connectivity index (χ3n) is 5.51. The van der Waals surface area contributed by atoms with E-state index in [2.05, 4.69) is 15.5 Å². The quantitative estimate of drug-likeness (QED) is 0.644. The Morgan fingerprint density at radius 3 is 2.58 bits per heavy atom. The lowest BCUT2D eigenvalue weighted by Crippen LogP contribution is -2.53. The topological polar surface area (TPSA) is 109 Å². The summed E-state index contributed by atoms with van der Waals surface area (Å²) in [5.74, 6) is 0.771. The number of anilines is 1. The van der Waals surface area contributed by atoms with E-state index in [0.717, 1.165) is 10.9 Å². The first-order valence-corrected chi connectivity index (χ1v) is 11.5. The van der Waals surface area contributed by atoms with Crippen LogP contribution in [0.4, 0.5) is 5.82 Å². The van der Waals surface area contributed by atoms with E-state index in [-0.39, 0.29) is 10.8 Å². The van der Waals surface area contributed by atoms with E-state index < -0.39 is 16.1 Å². The summed E-state index contributed by atoms with van der Waals surface area (Å²) >= 11 is 0. The monoisotopic (exact) mass is 443 g/mol. The molecular formula is C21H25N5O4S. The lowest BCUT2D eigenvalue weighted by atomic mass is 10.2. The minimum absolute atomic E-state index is 0.210. The zero-order valence-electron chi connectivity index (χ0n) is 17.7. The van der Waals surface area contributed by atoms with Gasteiger partial charge in [-0.2, -0.15) is 4.31 Å². The Labute approximate surface area is 181 Å². The van der Waals surface area contributed by atoms with Crippen molar-refractivity contribution in [2.45, 2.75) is 31.7 Å². The molecule has 0 bridgehead atoms.